The van der Waals surface area contributed by atoms with Crippen LogP contribution in [0.3, 0.4) is 0 Å². The Morgan fingerprint density at radius 3 is 2.78 bits per heavy atom. The van der Waals surface area contributed by atoms with Crippen molar-refractivity contribution in [1.29, 1.82) is 0 Å². The highest BCUT2D eigenvalue weighted by atomic mass is 35.5. The Balaban J connectivity index is 1.40. The van der Waals surface area contributed by atoms with Gasteiger partial charge in [-0.3, -0.25) is 15.0 Å². The molecule has 6 rings (SSSR count). The van der Waals surface area contributed by atoms with Crippen LogP contribution < -0.4 is 20.5 Å². The highest BCUT2D eigenvalue weighted by Crippen LogP contribution is 2.32. The molecule has 0 bridgehead atoms. The van der Waals surface area contributed by atoms with Gasteiger partial charge in [-0.25, -0.2) is 14.2 Å². The number of methoxy groups -OCH3 is 1. The molecule has 1 aliphatic rings. The number of nitrogens with one attached hydrogen (secondary N) is 1. The summed E-state index contributed by atoms with van der Waals surface area (Å²) < 4.78 is 19.1. The molecule has 0 atom stereocenters. The normalized spacial score (nSPS) is 12.7. The van der Waals surface area contributed by atoms with Crippen LogP contribution >= 0.6 is 11.6 Å². The molecule has 186 valence electrons. The summed E-state index contributed by atoms with van der Waals surface area (Å²) in [7, 11) is 1.58. The van der Waals surface area contributed by atoms with Crippen molar-refractivity contribution in [3.05, 3.63) is 87.6 Å². The number of rotatable bonds is 5. The molecule has 3 aromatic heterocycles. The molecule has 1 N–H and O–H groups in total. The number of benzene rings is 2. The Bertz CT molecular complexity index is 1750. The summed E-state index contributed by atoms with van der Waals surface area (Å²) in [6, 6.07) is 13.9. The zero-order valence-corrected chi connectivity index (χ0v) is 20.4. The SMILES string of the molecule is COCc1nn2c(ncc3c(=O)n(NC(=O)c4ccc5c(c4)OCCO5)ccc32)c1-c1cccc(Cl)c1. The van der Waals surface area contributed by atoms with Crippen LogP contribution in [0.4, 0.5) is 0 Å². The van der Waals surface area contributed by atoms with Crippen molar-refractivity contribution in [1.82, 2.24) is 19.3 Å². The van der Waals surface area contributed by atoms with Gasteiger partial charge in [0, 0.05) is 30.1 Å². The highest BCUT2D eigenvalue weighted by molar-refractivity contribution is 6.30. The largest absolute Gasteiger partial charge is 0.486 e. The highest BCUT2D eigenvalue weighted by Gasteiger charge is 2.20. The van der Waals surface area contributed by atoms with Crippen molar-refractivity contribution < 1.29 is 19.0 Å². The number of hydrogen-bond donors (Lipinski definition) is 1. The van der Waals surface area contributed by atoms with Crippen molar-refractivity contribution in [2.45, 2.75) is 6.61 Å². The Hall–Kier alpha value is -4.41. The van der Waals surface area contributed by atoms with Crippen LogP contribution in [-0.2, 0) is 11.3 Å². The van der Waals surface area contributed by atoms with Gasteiger partial charge in [-0.2, -0.15) is 5.10 Å². The molecule has 10 nitrogen and oxygen atoms in total. The standard InChI is InChI=1S/C26H20ClN5O5/c1-35-14-19-23(15-3-2-4-17(27)11-15)24-28-13-18-20(32(24)29-19)7-8-31(26(18)34)30-25(33)16-5-6-21-22(12-16)37-10-9-36-21/h2-8,11-13H,9-10,14H2,1H3,(H,30,33). The van der Waals surface area contributed by atoms with E-state index in [0.29, 0.717) is 52.2 Å². The van der Waals surface area contributed by atoms with E-state index in [1.165, 1.54) is 12.4 Å². The van der Waals surface area contributed by atoms with Gasteiger partial charge in [-0.05, 0) is 42.0 Å². The summed E-state index contributed by atoms with van der Waals surface area (Å²) in [6.07, 6.45) is 2.96. The number of hydrogen-bond acceptors (Lipinski definition) is 7. The Morgan fingerprint density at radius 2 is 1.97 bits per heavy atom. The zero-order valence-electron chi connectivity index (χ0n) is 19.6. The minimum atomic E-state index is -0.475. The van der Waals surface area contributed by atoms with Crippen LogP contribution in [0.5, 0.6) is 11.5 Å². The molecule has 2 aromatic carbocycles. The maximum absolute atomic E-state index is 13.3. The first kappa shape index (κ1) is 23.0. The van der Waals surface area contributed by atoms with Crippen LogP contribution in [0.2, 0.25) is 5.02 Å². The van der Waals surface area contributed by atoms with Gasteiger partial charge in [0.25, 0.3) is 11.5 Å². The van der Waals surface area contributed by atoms with Crippen LogP contribution in [0, 0.1) is 0 Å². The number of aromatic nitrogens is 4. The zero-order chi connectivity index (χ0) is 25.5. The number of amides is 1. The van der Waals surface area contributed by atoms with E-state index < -0.39 is 11.5 Å². The lowest BCUT2D eigenvalue weighted by molar-refractivity contribution is 0.101. The first-order valence-corrected chi connectivity index (χ1v) is 11.8. The molecular weight excluding hydrogens is 498 g/mol. The van der Waals surface area contributed by atoms with Crippen molar-refractivity contribution >= 4 is 34.1 Å². The fourth-order valence-electron chi connectivity index (χ4n) is 4.34. The van der Waals surface area contributed by atoms with Crippen LogP contribution in [0.1, 0.15) is 16.1 Å². The number of carbonyl (C=O) groups is 1. The van der Waals surface area contributed by atoms with E-state index in [0.717, 1.165) is 15.8 Å². The smallest absolute Gasteiger partial charge is 0.280 e. The van der Waals surface area contributed by atoms with Gasteiger partial charge < -0.3 is 14.2 Å². The molecule has 1 aliphatic heterocycles. The lowest BCUT2D eigenvalue weighted by Gasteiger charge is -2.18. The second kappa shape index (κ2) is 9.23. The topological polar surface area (TPSA) is 109 Å². The first-order chi connectivity index (χ1) is 18.0. The van der Waals surface area contributed by atoms with Crippen LogP contribution in [-0.4, -0.2) is 45.5 Å². The van der Waals surface area contributed by atoms with Gasteiger partial charge in [0.1, 0.15) is 13.2 Å². The third-order valence-electron chi connectivity index (χ3n) is 6.00. The van der Waals surface area contributed by atoms with E-state index in [9.17, 15) is 9.59 Å². The second-order valence-electron chi connectivity index (χ2n) is 8.35. The third-order valence-corrected chi connectivity index (χ3v) is 6.24. The van der Waals surface area contributed by atoms with E-state index in [2.05, 4.69) is 15.5 Å². The molecule has 1 amide bonds. The predicted molar refractivity (Wildman–Crippen MR) is 137 cm³/mol. The van der Waals surface area contributed by atoms with Gasteiger partial charge in [0.05, 0.1) is 28.8 Å². The second-order valence-corrected chi connectivity index (χ2v) is 8.78. The van der Waals surface area contributed by atoms with Gasteiger partial charge in [-0.1, -0.05) is 23.7 Å². The summed E-state index contributed by atoms with van der Waals surface area (Å²) in [6.45, 7) is 1.10. The molecule has 0 fully saturated rings. The van der Waals surface area contributed by atoms with E-state index in [4.69, 9.17) is 25.8 Å². The van der Waals surface area contributed by atoms with E-state index >= 15 is 0 Å². The average Bonchev–Trinajstić information content (AvgIpc) is 3.28. The molecule has 4 heterocycles. The lowest BCUT2D eigenvalue weighted by Crippen LogP contribution is -2.33. The molecule has 11 heteroatoms. The minimum absolute atomic E-state index is 0.245. The first-order valence-electron chi connectivity index (χ1n) is 11.4. The monoisotopic (exact) mass is 517 g/mol. The molecule has 0 saturated heterocycles. The average molecular weight is 518 g/mol. The Morgan fingerprint density at radius 1 is 1.14 bits per heavy atom. The molecule has 0 aliphatic carbocycles. The Labute approximate surface area is 214 Å². The molecule has 5 aromatic rings. The molecule has 37 heavy (non-hydrogen) atoms. The lowest BCUT2D eigenvalue weighted by atomic mass is 10.1. The molecule has 0 radical (unpaired) electrons. The van der Waals surface area contributed by atoms with Crippen molar-refractivity contribution in [2.75, 3.05) is 25.7 Å². The van der Waals surface area contributed by atoms with Crippen LogP contribution in [0.25, 0.3) is 27.7 Å². The van der Waals surface area contributed by atoms with Gasteiger partial charge in [-0.15, -0.1) is 0 Å². The van der Waals surface area contributed by atoms with Gasteiger partial charge >= 0.3 is 0 Å². The number of carbonyl (C=O) groups excluding carboxylic acids is 1. The van der Waals surface area contributed by atoms with E-state index in [1.807, 2.05) is 18.2 Å². The fraction of sp³-hybridized carbons (Fsp3) is 0.154. The number of nitrogens with zero attached hydrogens (tertiary/aromatic N) is 4. The molecular formula is C26H20ClN5O5. The maximum Gasteiger partial charge on any atom is 0.280 e. The summed E-state index contributed by atoms with van der Waals surface area (Å²) in [5.74, 6) is 0.583. The summed E-state index contributed by atoms with van der Waals surface area (Å²) >= 11 is 6.23. The fourth-order valence-corrected chi connectivity index (χ4v) is 4.53. The number of halogens is 1. The maximum atomic E-state index is 13.3. The molecule has 0 saturated carbocycles. The van der Waals surface area contributed by atoms with Crippen molar-refractivity contribution in [2.24, 2.45) is 0 Å². The van der Waals surface area contributed by atoms with Gasteiger partial charge in [0.2, 0.25) is 0 Å². The number of fused-ring (bicyclic) bond motifs is 4. The summed E-state index contributed by atoms with van der Waals surface area (Å²) in [5, 5.41) is 5.54. The molecule has 0 spiro atoms. The predicted octanol–water partition coefficient (Wildman–Crippen LogP) is 3.67. The van der Waals surface area contributed by atoms with Gasteiger partial charge in [0.15, 0.2) is 17.1 Å². The van der Waals surface area contributed by atoms with Crippen LogP contribution in [0.15, 0.2) is 65.7 Å². The molecule has 0 unspecified atom stereocenters. The summed E-state index contributed by atoms with van der Waals surface area (Å²) in [5.41, 5.74) is 5.83. The van der Waals surface area contributed by atoms with E-state index in [1.54, 1.807) is 42.0 Å². The van der Waals surface area contributed by atoms with Crippen molar-refractivity contribution in [3.8, 4) is 22.6 Å². The quantitative estimate of drug-likeness (QED) is 0.379. The number of ether oxygens (including phenoxy) is 3. The van der Waals surface area contributed by atoms with Crippen molar-refractivity contribution in [3.63, 3.8) is 0 Å². The summed E-state index contributed by atoms with van der Waals surface area (Å²) in [4.78, 5) is 30.7. The van der Waals surface area contributed by atoms with E-state index in [-0.39, 0.29) is 12.0 Å². The number of pyridine rings is 1. The Kier molecular flexibility index (Phi) is 5.74. The minimum Gasteiger partial charge on any atom is -0.486 e. The third kappa shape index (κ3) is 4.05.